The Kier molecular flexibility index (Phi) is 6.19. The molecule has 5 heteroatoms. The molecule has 2 N–H and O–H groups in total. The number of urea groups is 1. The maximum atomic E-state index is 11.8. The van der Waals surface area contributed by atoms with Crippen LogP contribution in [0.25, 0.3) is 0 Å². The summed E-state index contributed by atoms with van der Waals surface area (Å²) in [6, 6.07) is 14.3. The number of amides is 3. The first-order valence-electron chi connectivity index (χ1n) is 7.88. The van der Waals surface area contributed by atoms with Gasteiger partial charge in [0.25, 0.3) is 5.91 Å². The molecule has 0 aliphatic carbocycles. The number of carbonyl (C=O) groups is 2. The zero-order valence-electron chi connectivity index (χ0n) is 14.6. The zero-order valence-corrected chi connectivity index (χ0v) is 14.6. The molecule has 5 nitrogen and oxygen atoms in total. The van der Waals surface area contributed by atoms with Crippen molar-refractivity contribution >= 4 is 17.6 Å². The number of rotatable bonds is 3. The summed E-state index contributed by atoms with van der Waals surface area (Å²) in [5.74, 6) is 5.78. The molecule has 0 heterocycles. The summed E-state index contributed by atoms with van der Waals surface area (Å²) in [5.41, 5.74) is 3.27. The van der Waals surface area contributed by atoms with Crippen LogP contribution in [0, 0.1) is 18.8 Å². The molecule has 0 bridgehead atoms. The van der Waals surface area contributed by atoms with E-state index in [0.29, 0.717) is 5.56 Å². The maximum absolute atomic E-state index is 11.8. The lowest BCUT2D eigenvalue weighted by molar-refractivity contribution is 0.0827. The number of hydrogen-bond acceptors (Lipinski definition) is 2. The Balaban J connectivity index is 1.82. The first-order valence-corrected chi connectivity index (χ1v) is 7.88. The highest BCUT2D eigenvalue weighted by molar-refractivity contribution is 5.94. The van der Waals surface area contributed by atoms with E-state index in [-0.39, 0.29) is 18.5 Å². The highest BCUT2D eigenvalue weighted by Gasteiger charge is 2.06. The highest BCUT2D eigenvalue weighted by atomic mass is 16.2. The summed E-state index contributed by atoms with van der Waals surface area (Å²) < 4.78 is 0. The lowest BCUT2D eigenvalue weighted by Gasteiger charge is -2.09. The molecule has 0 radical (unpaired) electrons. The Morgan fingerprint density at radius 3 is 2.24 bits per heavy atom. The fourth-order valence-corrected chi connectivity index (χ4v) is 2.04. The van der Waals surface area contributed by atoms with Gasteiger partial charge in [-0.05, 0) is 43.3 Å². The van der Waals surface area contributed by atoms with E-state index < -0.39 is 0 Å². The van der Waals surface area contributed by atoms with E-state index in [4.69, 9.17) is 0 Å². The van der Waals surface area contributed by atoms with Crippen LogP contribution in [0.5, 0.6) is 0 Å². The van der Waals surface area contributed by atoms with Crippen molar-refractivity contribution in [3.63, 3.8) is 0 Å². The SMILES string of the molecule is Cc1ccc(NC(=O)NCC#Cc2ccc(C(=O)N(C)C)cc2)cc1. The minimum absolute atomic E-state index is 0.0473. The smallest absolute Gasteiger partial charge is 0.319 e. The molecule has 0 spiro atoms. The summed E-state index contributed by atoms with van der Waals surface area (Å²) in [5, 5.41) is 5.41. The molecule has 0 aliphatic heterocycles. The van der Waals surface area contributed by atoms with Crippen LogP contribution in [0.4, 0.5) is 10.5 Å². The van der Waals surface area contributed by atoms with Crippen LogP contribution < -0.4 is 10.6 Å². The maximum Gasteiger partial charge on any atom is 0.319 e. The monoisotopic (exact) mass is 335 g/mol. The fraction of sp³-hybridized carbons (Fsp3) is 0.200. The van der Waals surface area contributed by atoms with Crippen molar-refractivity contribution < 1.29 is 9.59 Å². The van der Waals surface area contributed by atoms with E-state index in [1.54, 1.807) is 38.4 Å². The van der Waals surface area contributed by atoms with Gasteiger partial charge in [0.2, 0.25) is 0 Å². The molecule has 0 unspecified atom stereocenters. The molecular weight excluding hydrogens is 314 g/mol. The minimum atomic E-state index is -0.301. The third kappa shape index (κ3) is 5.70. The van der Waals surface area contributed by atoms with Crippen molar-refractivity contribution in [1.82, 2.24) is 10.2 Å². The van der Waals surface area contributed by atoms with Crippen molar-refractivity contribution in [2.45, 2.75) is 6.92 Å². The molecular formula is C20H21N3O2. The highest BCUT2D eigenvalue weighted by Crippen LogP contribution is 2.08. The molecule has 3 amide bonds. The van der Waals surface area contributed by atoms with E-state index in [1.165, 1.54) is 4.90 Å². The van der Waals surface area contributed by atoms with E-state index >= 15 is 0 Å². The van der Waals surface area contributed by atoms with Crippen molar-refractivity contribution in [3.05, 3.63) is 65.2 Å². The standard InChI is InChI=1S/C20H21N3O2/c1-15-6-12-18(13-7-15)22-20(25)21-14-4-5-16-8-10-17(11-9-16)19(24)23(2)3/h6-13H,14H2,1-3H3,(H2,21,22,25). The number of nitrogens with zero attached hydrogens (tertiary/aromatic N) is 1. The lowest BCUT2D eigenvalue weighted by Crippen LogP contribution is -2.28. The van der Waals surface area contributed by atoms with Gasteiger partial charge in [-0.15, -0.1) is 0 Å². The summed E-state index contributed by atoms with van der Waals surface area (Å²) in [7, 11) is 3.42. The van der Waals surface area contributed by atoms with Crippen LogP contribution in [0.3, 0.4) is 0 Å². The second-order valence-electron chi connectivity index (χ2n) is 5.75. The third-order valence-electron chi connectivity index (χ3n) is 3.42. The summed E-state index contributed by atoms with van der Waals surface area (Å²) in [6.45, 7) is 2.22. The minimum Gasteiger partial charge on any atom is -0.345 e. The van der Waals surface area contributed by atoms with Crippen LogP contribution in [0.2, 0.25) is 0 Å². The van der Waals surface area contributed by atoms with Gasteiger partial charge < -0.3 is 15.5 Å². The Labute approximate surface area is 148 Å². The summed E-state index contributed by atoms with van der Waals surface area (Å²) >= 11 is 0. The normalized spacial score (nSPS) is 9.56. The molecule has 25 heavy (non-hydrogen) atoms. The Bertz CT molecular complexity index is 798. The Hall–Kier alpha value is -3.26. The molecule has 2 aromatic rings. The van der Waals surface area contributed by atoms with Gasteiger partial charge in [-0.25, -0.2) is 4.79 Å². The van der Waals surface area contributed by atoms with Gasteiger partial charge in [-0.3, -0.25) is 4.79 Å². The van der Waals surface area contributed by atoms with Crippen LogP contribution in [0.1, 0.15) is 21.5 Å². The van der Waals surface area contributed by atoms with Gasteiger partial charge >= 0.3 is 6.03 Å². The predicted octanol–water partition coefficient (Wildman–Crippen LogP) is 2.87. The molecule has 0 saturated heterocycles. The Morgan fingerprint density at radius 1 is 1.00 bits per heavy atom. The molecule has 0 aliphatic rings. The number of aryl methyl sites for hydroxylation is 1. The number of anilines is 1. The van der Waals surface area contributed by atoms with Crippen LogP contribution in [0.15, 0.2) is 48.5 Å². The molecule has 0 aromatic heterocycles. The summed E-state index contributed by atoms with van der Waals surface area (Å²) in [6.07, 6.45) is 0. The van der Waals surface area contributed by atoms with Gasteiger partial charge in [0.05, 0.1) is 6.54 Å². The quantitative estimate of drug-likeness (QED) is 0.847. The Morgan fingerprint density at radius 2 is 1.64 bits per heavy atom. The first-order chi connectivity index (χ1) is 12.0. The topological polar surface area (TPSA) is 61.4 Å². The van der Waals surface area contributed by atoms with Crippen LogP contribution >= 0.6 is 0 Å². The largest absolute Gasteiger partial charge is 0.345 e. The van der Waals surface area contributed by atoms with Crippen molar-refractivity contribution in [1.29, 1.82) is 0 Å². The van der Waals surface area contributed by atoms with Gasteiger partial charge in [0.1, 0.15) is 0 Å². The second-order valence-corrected chi connectivity index (χ2v) is 5.75. The average Bonchev–Trinajstić information content (AvgIpc) is 2.60. The second kappa shape index (κ2) is 8.55. The van der Waals surface area contributed by atoms with E-state index in [1.807, 2.05) is 31.2 Å². The van der Waals surface area contributed by atoms with Gasteiger partial charge in [0, 0.05) is 30.9 Å². The zero-order chi connectivity index (χ0) is 18.2. The first kappa shape index (κ1) is 18.1. The van der Waals surface area contributed by atoms with Crippen molar-refractivity contribution in [2.75, 3.05) is 26.0 Å². The molecule has 0 fully saturated rings. The number of hydrogen-bond donors (Lipinski definition) is 2. The average molecular weight is 335 g/mol. The number of nitrogens with one attached hydrogen (secondary N) is 2. The molecule has 2 rings (SSSR count). The van der Waals surface area contributed by atoms with E-state index in [2.05, 4.69) is 22.5 Å². The molecule has 0 saturated carbocycles. The third-order valence-corrected chi connectivity index (χ3v) is 3.42. The van der Waals surface area contributed by atoms with Gasteiger partial charge in [-0.2, -0.15) is 0 Å². The van der Waals surface area contributed by atoms with Crippen LogP contribution in [-0.2, 0) is 0 Å². The van der Waals surface area contributed by atoms with Gasteiger partial charge in [0.15, 0.2) is 0 Å². The molecule has 0 atom stereocenters. The van der Waals surface area contributed by atoms with E-state index in [0.717, 1.165) is 16.8 Å². The number of benzene rings is 2. The molecule has 2 aromatic carbocycles. The van der Waals surface area contributed by atoms with Gasteiger partial charge in [-0.1, -0.05) is 29.5 Å². The van der Waals surface area contributed by atoms with E-state index in [9.17, 15) is 9.59 Å². The van der Waals surface area contributed by atoms with Crippen LogP contribution in [-0.4, -0.2) is 37.5 Å². The van der Waals surface area contributed by atoms with Crippen molar-refractivity contribution in [3.8, 4) is 11.8 Å². The van der Waals surface area contributed by atoms with Crippen molar-refractivity contribution in [2.24, 2.45) is 0 Å². The fourth-order valence-electron chi connectivity index (χ4n) is 2.04. The summed E-state index contributed by atoms with van der Waals surface area (Å²) in [4.78, 5) is 25.1. The molecule has 128 valence electrons. The predicted molar refractivity (Wildman–Crippen MR) is 99.5 cm³/mol. The number of carbonyl (C=O) groups excluding carboxylic acids is 2. The lowest BCUT2D eigenvalue weighted by atomic mass is 10.1.